The minimum absolute atomic E-state index is 0.134. The lowest BCUT2D eigenvalue weighted by atomic mass is 9.61. The van der Waals surface area contributed by atoms with Crippen molar-refractivity contribution in [2.24, 2.45) is 17.6 Å². The van der Waals surface area contributed by atoms with E-state index in [9.17, 15) is 4.79 Å². The van der Waals surface area contributed by atoms with Gasteiger partial charge >= 0.3 is 0 Å². The molecule has 0 radical (unpaired) electrons. The molecule has 1 aliphatic rings. The first-order valence-corrected chi connectivity index (χ1v) is 9.29. The molecule has 0 aliphatic carbocycles. The molecule has 3 nitrogen and oxygen atoms in total. The zero-order valence-electron chi connectivity index (χ0n) is 14.9. The fourth-order valence-corrected chi connectivity index (χ4v) is 4.50. The number of hydrogen-bond donors (Lipinski definition) is 2. The van der Waals surface area contributed by atoms with Gasteiger partial charge < -0.3 is 11.1 Å². The van der Waals surface area contributed by atoms with E-state index in [0.29, 0.717) is 5.92 Å². The van der Waals surface area contributed by atoms with Crippen LogP contribution in [0.2, 0.25) is 0 Å². The number of primary amides is 1. The van der Waals surface area contributed by atoms with Crippen molar-refractivity contribution < 1.29 is 4.79 Å². The van der Waals surface area contributed by atoms with Crippen LogP contribution < -0.4 is 11.1 Å². The van der Waals surface area contributed by atoms with E-state index < -0.39 is 5.41 Å². The molecule has 3 rings (SSSR count). The largest absolute Gasteiger partial charge is 0.369 e. The first-order valence-electron chi connectivity index (χ1n) is 9.29. The second-order valence-electron chi connectivity index (χ2n) is 7.13. The highest BCUT2D eigenvalue weighted by Crippen LogP contribution is 2.44. The van der Waals surface area contributed by atoms with Crippen LogP contribution >= 0.6 is 0 Å². The van der Waals surface area contributed by atoms with Gasteiger partial charge in [0.2, 0.25) is 5.91 Å². The summed E-state index contributed by atoms with van der Waals surface area (Å²) in [6.07, 6.45) is 3.35. The second-order valence-corrected chi connectivity index (χ2v) is 7.13. The predicted octanol–water partition coefficient (Wildman–Crippen LogP) is 3.48. The van der Waals surface area contributed by atoms with E-state index >= 15 is 0 Å². The number of benzene rings is 2. The highest BCUT2D eigenvalue weighted by molar-refractivity contribution is 5.91. The molecule has 25 heavy (non-hydrogen) atoms. The van der Waals surface area contributed by atoms with E-state index in [-0.39, 0.29) is 11.8 Å². The topological polar surface area (TPSA) is 55.1 Å². The maximum atomic E-state index is 13.0. The van der Waals surface area contributed by atoms with Crippen LogP contribution in [0.15, 0.2) is 60.7 Å². The van der Waals surface area contributed by atoms with E-state index in [1.165, 1.54) is 0 Å². The fourth-order valence-electron chi connectivity index (χ4n) is 4.50. The molecular weight excluding hydrogens is 308 g/mol. The van der Waals surface area contributed by atoms with Crippen LogP contribution in [0.25, 0.3) is 0 Å². The summed E-state index contributed by atoms with van der Waals surface area (Å²) in [5, 5.41) is 3.48. The molecule has 2 aromatic carbocycles. The van der Waals surface area contributed by atoms with Crippen molar-refractivity contribution in [1.82, 2.24) is 5.32 Å². The van der Waals surface area contributed by atoms with E-state index in [1.54, 1.807) is 0 Å². The SMILES string of the molecule is CC(C1CCCNCC1)C(C(N)=O)(c1ccccc1)c1ccccc1. The highest BCUT2D eigenvalue weighted by Gasteiger charge is 2.47. The number of nitrogens with one attached hydrogen (secondary N) is 1. The Morgan fingerprint density at radius 2 is 1.56 bits per heavy atom. The lowest BCUT2D eigenvalue weighted by molar-refractivity contribution is -0.124. The van der Waals surface area contributed by atoms with Crippen LogP contribution in [0.4, 0.5) is 0 Å². The van der Waals surface area contributed by atoms with Crippen molar-refractivity contribution in [2.75, 3.05) is 13.1 Å². The standard InChI is InChI=1S/C22H28N2O/c1-17(18-9-8-15-24-16-14-18)22(21(23)25,19-10-4-2-5-11-19)20-12-6-3-7-13-20/h2-7,10-13,17-18,24H,8-9,14-16H2,1H3,(H2,23,25). The van der Waals surface area contributed by atoms with Gasteiger partial charge in [0.15, 0.2) is 0 Å². The summed E-state index contributed by atoms with van der Waals surface area (Å²) >= 11 is 0. The third-order valence-corrected chi connectivity index (χ3v) is 5.86. The maximum absolute atomic E-state index is 13.0. The summed E-state index contributed by atoms with van der Waals surface area (Å²) in [4.78, 5) is 13.0. The maximum Gasteiger partial charge on any atom is 0.232 e. The fraction of sp³-hybridized carbons (Fsp3) is 0.409. The molecule has 2 aromatic rings. The van der Waals surface area contributed by atoms with Crippen LogP contribution in [0.1, 0.15) is 37.3 Å². The van der Waals surface area contributed by atoms with Gasteiger partial charge in [0.05, 0.1) is 0 Å². The van der Waals surface area contributed by atoms with Gasteiger partial charge in [-0.25, -0.2) is 0 Å². The van der Waals surface area contributed by atoms with Crippen LogP contribution in [0.3, 0.4) is 0 Å². The zero-order valence-corrected chi connectivity index (χ0v) is 14.9. The van der Waals surface area contributed by atoms with Crippen LogP contribution in [-0.4, -0.2) is 19.0 Å². The van der Waals surface area contributed by atoms with Gasteiger partial charge in [-0.2, -0.15) is 0 Å². The van der Waals surface area contributed by atoms with Crippen molar-refractivity contribution in [3.05, 3.63) is 71.8 Å². The first-order chi connectivity index (χ1) is 12.2. The monoisotopic (exact) mass is 336 g/mol. The third-order valence-electron chi connectivity index (χ3n) is 5.86. The molecule has 0 spiro atoms. The van der Waals surface area contributed by atoms with Crippen molar-refractivity contribution in [3.8, 4) is 0 Å². The lowest BCUT2D eigenvalue weighted by Crippen LogP contribution is -2.49. The van der Waals surface area contributed by atoms with Gasteiger partial charge in [-0.05, 0) is 55.3 Å². The van der Waals surface area contributed by atoms with E-state index in [0.717, 1.165) is 43.5 Å². The summed E-state index contributed by atoms with van der Waals surface area (Å²) in [5.41, 5.74) is 7.33. The van der Waals surface area contributed by atoms with Crippen molar-refractivity contribution in [2.45, 2.75) is 31.6 Å². The van der Waals surface area contributed by atoms with Gasteiger partial charge in [-0.1, -0.05) is 67.6 Å². The summed E-state index contributed by atoms with van der Waals surface area (Å²) < 4.78 is 0. The minimum atomic E-state index is -0.794. The number of hydrogen-bond acceptors (Lipinski definition) is 2. The molecule has 0 bridgehead atoms. The Hall–Kier alpha value is -2.13. The molecule has 1 aliphatic heterocycles. The molecule has 1 fully saturated rings. The Morgan fingerprint density at radius 1 is 1.00 bits per heavy atom. The zero-order chi connectivity index (χ0) is 17.7. The smallest absolute Gasteiger partial charge is 0.232 e. The van der Waals surface area contributed by atoms with Gasteiger partial charge in [-0.15, -0.1) is 0 Å². The summed E-state index contributed by atoms with van der Waals surface area (Å²) in [6, 6.07) is 20.1. The van der Waals surface area contributed by atoms with Gasteiger partial charge in [0, 0.05) is 0 Å². The molecule has 1 saturated heterocycles. The van der Waals surface area contributed by atoms with Gasteiger partial charge in [0.1, 0.15) is 5.41 Å². The van der Waals surface area contributed by atoms with E-state index in [4.69, 9.17) is 5.73 Å². The molecule has 1 heterocycles. The Bertz CT molecular complexity index is 636. The summed E-state index contributed by atoms with van der Waals surface area (Å²) in [5.74, 6) is 0.340. The lowest BCUT2D eigenvalue weighted by Gasteiger charge is -2.41. The minimum Gasteiger partial charge on any atom is -0.369 e. The molecule has 132 valence electrons. The average molecular weight is 336 g/mol. The Labute approximate surface area is 150 Å². The second kappa shape index (κ2) is 7.83. The highest BCUT2D eigenvalue weighted by atomic mass is 16.1. The molecule has 2 atom stereocenters. The molecule has 3 N–H and O–H groups in total. The molecule has 2 unspecified atom stereocenters. The summed E-state index contributed by atoms with van der Waals surface area (Å²) in [7, 11) is 0. The molecular formula is C22H28N2O. The molecule has 0 saturated carbocycles. The number of amides is 1. The Kier molecular flexibility index (Phi) is 5.54. The first kappa shape index (κ1) is 17.7. The Balaban J connectivity index is 2.15. The van der Waals surface area contributed by atoms with Crippen molar-refractivity contribution in [3.63, 3.8) is 0 Å². The molecule has 0 aromatic heterocycles. The average Bonchev–Trinajstić information content (AvgIpc) is 2.93. The normalized spacial score (nSPS) is 19.8. The van der Waals surface area contributed by atoms with Crippen molar-refractivity contribution >= 4 is 5.91 Å². The summed E-state index contributed by atoms with van der Waals surface area (Å²) in [6.45, 7) is 4.28. The number of carbonyl (C=O) groups excluding carboxylic acids is 1. The number of rotatable bonds is 5. The van der Waals surface area contributed by atoms with E-state index in [2.05, 4.69) is 12.2 Å². The third kappa shape index (κ3) is 3.34. The molecule has 3 heteroatoms. The number of nitrogens with two attached hydrogens (primary N) is 1. The van der Waals surface area contributed by atoms with E-state index in [1.807, 2.05) is 60.7 Å². The predicted molar refractivity (Wildman–Crippen MR) is 102 cm³/mol. The van der Waals surface area contributed by atoms with Crippen LogP contribution in [-0.2, 0) is 10.2 Å². The number of carbonyl (C=O) groups is 1. The van der Waals surface area contributed by atoms with Crippen LogP contribution in [0, 0.1) is 11.8 Å². The van der Waals surface area contributed by atoms with Crippen LogP contribution in [0.5, 0.6) is 0 Å². The molecule has 1 amide bonds. The van der Waals surface area contributed by atoms with Crippen molar-refractivity contribution in [1.29, 1.82) is 0 Å². The quantitative estimate of drug-likeness (QED) is 0.878. The Morgan fingerprint density at radius 3 is 2.08 bits per heavy atom. The van der Waals surface area contributed by atoms with Gasteiger partial charge in [0.25, 0.3) is 0 Å². The van der Waals surface area contributed by atoms with Gasteiger partial charge in [-0.3, -0.25) is 4.79 Å².